The lowest BCUT2D eigenvalue weighted by Gasteiger charge is -2.07. The molecule has 0 aliphatic heterocycles. The first-order valence-corrected chi connectivity index (χ1v) is 9.71. The summed E-state index contributed by atoms with van der Waals surface area (Å²) >= 11 is 0. The highest BCUT2D eigenvalue weighted by molar-refractivity contribution is 6.04. The second kappa shape index (κ2) is 8.26. The van der Waals surface area contributed by atoms with E-state index in [1.807, 2.05) is 12.1 Å². The third-order valence-electron chi connectivity index (χ3n) is 5.01. The minimum absolute atomic E-state index is 0.140. The Labute approximate surface area is 168 Å². The lowest BCUT2D eigenvalue weighted by molar-refractivity contribution is -0.114. The van der Waals surface area contributed by atoms with Crippen molar-refractivity contribution in [2.75, 3.05) is 10.6 Å². The van der Waals surface area contributed by atoms with Gasteiger partial charge in [0.15, 0.2) is 0 Å². The third kappa shape index (κ3) is 4.51. The van der Waals surface area contributed by atoms with E-state index in [2.05, 4.69) is 20.8 Å². The summed E-state index contributed by atoms with van der Waals surface area (Å²) in [6.45, 7) is 1.45. The molecule has 1 aliphatic carbocycles. The van der Waals surface area contributed by atoms with Gasteiger partial charge >= 0.3 is 0 Å². The van der Waals surface area contributed by atoms with Crippen LogP contribution in [-0.2, 0) is 4.79 Å². The quantitative estimate of drug-likeness (QED) is 0.663. The van der Waals surface area contributed by atoms with E-state index in [-0.39, 0.29) is 11.8 Å². The Balaban J connectivity index is 1.40. The largest absolute Gasteiger partial charge is 0.339 e. The van der Waals surface area contributed by atoms with Gasteiger partial charge in [0.2, 0.25) is 17.6 Å². The topological polar surface area (TPSA) is 97.1 Å². The van der Waals surface area contributed by atoms with Crippen LogP contribution >= 0.6 is 0 Å². The van der Waals surface area contributed by atoms with Crippen LogP contribution in [0, 0.1) is 0 Å². The summed E-state index contributed by atoms with van der Waals surface area (Å²) in [7, 11) is 0. The number of amides is 2. The number of aromatic nitrogens is 2. The lowest BCUT2D eigenvalue weighted by Crippen LogP contribution is -2.12. The van der Waals surface area contributed by atoms with Crippen molar-refractivity contribution in [3.05, 3.63) is 60.0 Å². The van der Waals surface area contributed by atoms with Crippen molar-refractivity contribution in [2.24, 2.45) is 0 Å². The predicted molar refractivity (Wildman–Crippen MR) is 110 cm³/mol. The Morgan fingerprint density at radius 2 is 1.55 bits per heavy atom. The van der Waals surface area contributed by atoms with Crippen molar-refractivity contribution in [3.63, 3.8) is 0 Å². The number of nitrogens with zero attached hydrogens (tertiary/aromatic N) is 2. The molecule has 0 atom stereocenters. The maximum absolute atomic E-state index is 12.5. The Kier molecular flexibility index (Phi) is 5.37. The number of carbonyl (C=O) groups excluding carboxylic acids is 2. The number of rotatable bonds is 5. The van der Waals surface area contributed by atoms with Gasteiger partial charge in [-0.25, -0.2) is 0 Å². The molecular formula is C22H22N4O3. The van der Waals surface area contributed by atoms with Crippen LogP contribution in [-0.4, -0.2) is 22.0 Å². The second-order valence-corrected chi connectivity index (χ2v) is 7.23. The van der Waals surface area contributed by atoms with Crippen molar-refractivity contribution in [1.29, 1.82) is 0 Å². The fourth-order valence-corrected chi connectivity index (χ4v) is 3.51. The van der Waals surface area contributed by atoms with Crippen LogP contribution in [0.3, 0.4) is 0 Å². The second-order valence-electron chi connectivity index (χ2n) is 7.23. The standard InChI is InChI=1S/C22H22N4O3/c1-14(27)23-18-10-12-19(13-11-18)24-21(28)16-8-6-15(7-9-16)20-25-22(29-26-20)17-4-2-3-5-17/h6-13,17H,2-5H2,1H3,(H,23,27)(H,24,28). The Hall–Kier alpha value is -3.48. The molecule has 3 aromatic rings. The number of anilines is 2. The van der Waals surface area contributed by atoms with Gasteiger partial charge in [0, 0.05) is 35.3 Å². The average molecular weight is 390 g/mol. The van der Waals surface area contributed by atoms with Gasteiger partial charge in [-0.15, -0.1) is 0 Å². The molecule has 0 spiro atoms. The zero-order valence-corrected chi connectivity index (χ0v) is 16.1. The number of hydrogen-bond acceptors (Lipinski definition) is 5. The molecular weight excluding hydrogens is 368 g/mol. The number of nitrogens with one attached hydrogen (secondary N) is 2. The summed E-state index contributed by atoms with van der Waals surface area (Å²) < 4.78 is 5.43. The molecule has 7 nitrogen and oxygen atoms in total. The van der Waals surface area contributed by atoms with Gasteiger partial charge in [0.1, 0.15) is 0 Å². The van der Waals surface area contributed by atoms with E-state index >= 15 is 0 Å². The average Bonchev–Trinajstić information content (AvgIpc) is 3.41. The molecule has 1 heterocycles. The van der Waals surface area contributed by atoms with Crippen molar-refractivity contribution in [3.8, 4) is 11.4 Å². The van der Waals surface area contributed by atoms with E-state index in [0.29, 0.717) is 34.6 Å². The molecule has 29 heavy (non-hydrogen) atoms. The lowest BCUT2D eigenvalue weighted by atomic mass is 10.1. The molecule has 7 heteroatoms. The predicted octanol–water partition coefficient (Wildman–Crippen LogP) is 4.60. The van der Waals surface area contributed by atoms with E-state index in [1.54, 1.807) is 36.4 Å². The fourth-order valence-electron chi connectivity index (χ4n) is 3.51. The minimum Gasteiger partial charge on any atom is -0.339 e. The molecule has 4 rings (SSSR count). The zero-order valence-electron chi connectivity index (χ0n) is 16.1. The first-order chi connectivity index (χ1) is 14.1. The Morgan fingerprint density at radius 3 is 2.17 bits per heavy atom. The van der Waals surface area contributed by atoms with Crippen molar-refractivity contribution in [1.82, 2.24) is 10.1 Å². The first kappa shape index (κ1) is 18.9. The monoisotopic (exact) mass is 390 g/mol. The van der Waals surface area contributed by atoms with Crippen LogP contribution in [0.5, 0.6) is 0 Å². The molecule has 1 fully saturated rings. The molecule has 0 radical (unpaired) electrons. The van der Waals surface area contributed by atoms with Gasteiger partial charge in [0.05, 0.1) is 0 Å². The minimum atomic E-state index is -0.219. The molecule has 0 unspecified atom stereocenters. The summed E-state index contributed by atoms with van der Waals surface area (Å²) in [5.74, 6) is 1.27. The van der Waals surface area contributed by atoms with Crippen molar-refractivity contribution in [2.45, 2.75) is 38.5 Å². The van der Waals surface area contributed by atoms with E-state index in [4.69, 9.17) is 4.52 Å². The summed E-state index contributed by atoms with van der Waals surface area (Å²) in [6, 6.07) is 14.1. The molecule has 0 bridgehead atoms. The number of carbonyl (C=O) groups is 2. The van der Waals surface area contributed by atoms with E-state index < -0.39 is 0 Å². The molecule has 2 amide bonds. The smallest absolute Gasteiger partial charge is 0.255 e. The fraction of sp³-hybridized carbons (Fsp3) is 0.273. The molecule has 1 saturated carbocycles. The van der Waals surface area contributed by atoms with E-state index in [1.165, 1.54) is 19.8 Å². The number of benzene rings is 2. The molecule has 2 aromatic carbocycles. The maximum Gasteiger partial charge on any atom is 0.255 e. The van der Waals surface area contributed by atoms with E-state index in [0.717, 1.165) is 18.4 Å². The van der Waals surface area contributed by atoms with Crippen LogP contribution in [0.1, 0.15) is 54.8 Å². The summed E-state index contributed by atoms with van der Waals surface area (Å²) in [5, 5.41) is 9.61. The first-order valence-electron chi connectivity index (χ1n) is 9.71. The van der Waals surface area contributed by atoms with Gasteiger partial charge in [-0.1, -0.05) is 30.1 Å². The SMILES string of the molecule is CC(=O)Nc1ccc(NC(=O)c2ccc(-c3noc(C4CCCC4)n3)cc2)cc1. The van der Waals surface area contributed by atoms with Crippen molar-refractivity contribution >= 4 is 23.2 Å². The Bertz CT molecular complexity index is 1000. The van der Waals surface area contributed by atoms with Crippen LogP contribution in [0.25, 0.3) is 11.4 Å². The van der Waals surface area contributed by atoms with Crippen LogP contribution < -0.4 is 10.6 Å². The van der Waals surface area contributed by atoms with Gasteiger partial charge in [-0.3, -0.25) is 9.59 Å². The van der Waals surface area contributed by atoms with Crippen LogP contribution in [0.4, 0.5) is 11.4 Å². The van der Waals surface area contributed by atoms with Crippen LogP contribution in [0.2, 0.25) is 0 Å². The van der Waals surface area contributed by atoms with Gasteiger partial charge in [-0.2, -0.15) is 4.98 Å². The summed E-state index contributed by atoms with van der Waals surface area (Å²) in [4.78, 5) is 28.1. The van der Waals surface area contributed by atoms with Gasteiger partial charge in [-0.05, 0) is 49.2 Å². The molecule has 1 aliphatic rings. The normalized spacial score (nSPS) is 14.0. The molecule has 148 valence electrons. The number of hydrogen-bond donors (Lipinski definition) is 2. The molecule has 1 aromatic heterocycles. The highest BCUT2D eigenvalue weighted by atomic mass is 16.5. The highest BCUT2D eigenvalue weighted by Crippen LogP contribution is 2.33. The van der Waals surface area contributed by atoms with Crippen molar-refractivity contribution < 1.29 is 14.1 Å². The van der Waals surface area contributed by atoms with Gasteiger partial charge < -0.3 is 15.2 Å². The Morgan fingerprint density at radius 1 is 0.931 bits per heavy atom. The summed E-state index contributed by atoms with van der Waals surface area (Å²) in [5.41, 5.74) is 2.66. The molecule has 0 saturated heterocycles. The summed E-state index contributed by atoms with van der Waals surface area (Å²) in [6.07, 6.45) is 4.63. The maximum atomic E-state index is 12.5. The van der Waals surface area contributed by atoms with Gasteiger partial charge in [0.25, 0.3) is 5.91 Å². The third-order valence-corrected chi connectivity index (χ3v) is 5.01. The van der Waals surface area contributed by atoms with Crippen LogP contribution in [0.15, 0.2) is 53.1 Å². The zero-order chi connectivity index (χ0) is 20.2. The van der Waals surface area contributed by atoms with E-state index in [9.17, 15) is 9.59 Å². The highest BCUT2D eigenvalue weighted by Gasteiger charge is 2.23. The molecule has 2 N–H and O–H groups in total.